The lowest BCUT2D eigenvalue weighted by Crippen LogP contribution is -2.24. The van der Waals surface area contributed by atoms with Gasteiger partial charge in [0.2, 0.25) is 0 Å². The molecule has 2 aromatic rings. The Hall–Kier alpha value is -2.82. The van der Waals surface area contributed by atoms with E-state index >= 15 is 0 Å². The molecule has 5 nitrogen and oxygen atoms in total. The van der Waals surface area contributed by atoms with Crippen LogP contribution < -0.4 is 11.1 Å². The minimum Gasteiger partial charge on any atom is -0.508 e. The Kier molecular flexibility index (Phi) is 4.93. The van der Waals surface area contributed by atoms with E-state index in [1.165, 1.54) is 18.2 Å². The molecular weight excluding hydrogens is 304 g/mol. The van der Waals surface area contributed by atoms with Gasteiger partial charge in [-0.2, -0.15) is 0 Å². The van der Waals surface area contributed by atoms with Crippen LogP contribution in [-0.2, 0) is 0 Å². The molecule has 0 aromatic heterocycles. The second kappa shape index (κ2) is 6.74. The van der Waals surface area contributed by atoms with Crippen molar-refractivity contribution in [2.24, 2.45) is 5.41 Å². The van der Waals surface area contributed by atoms with Crippen molar-refractivity contribution < 1.29 is 14.7 Å². The molecule has 0 fully saturated rings. The predicted molar refractivity (Wildman–Crippen MR) is 95.3 cm³/mol. The highest BCUT2D eigenvalue weighted by atomic mass is 16.3. The van der Waals surface area contributed by atoms with Gasteiger partial charge >= 0.3 is 0 Å². The molecule has 0 saturated heterocycles. The van der Waals surface area contributed by atoms with Crippen molar-refractivity contribution in [3.05, 3.63) is 53.6 Å². The molecule has 4 N–H and O–H groups in total. The molecule has 0 radical (unpaired) electrons. The van der Waals surface area contributed by atoms with Crippen molar-refractivity contribution in [2.45, 2.75) is 27.2 Å². The molecule has 0 unspecified atom stereocenters. The number of ketones is 1. The number of phenols is 1. The number of nitrogens with two attached hydrogens (primary N) is 1. The van der Waals surface area contributed by atoms with Crippen LogP contribution in [0.25, 0.3) is 0 Å². The van der Waals surface area contributed by atoms with Gasteiger partial charge in [0, 0.05) is 27.9 Å². The number of nitrogen functional groups attached to an aromatic ring is 1. The van der Waals surface area contributed by atoms with Crippen LogP contribution in [0.5, 0.6) is 5.75 Å². The first-order chi connectivity index (χ1) is 11.2. The van der Waals surface area contributed by atoms with E-state index in [1.54, 1.807) is 24.3 Å². The highest BCUT2D eigenvalue weighted by Crippen LogP contribution is 2.28. The quantitative estimate of drug-likeness (QED) is 0.575. The lowest BCUT2D eigenvalue weighted by molar-refractivity contribution is 0.0832. The number of benzene rings is 2. The van der Waals surface area contributed by atoms with Crippen LogP contribution in [-0.4, -0.2) is 16.8 Å². The molecule has 2 aromatic carbocycles. The SMILES string of the molecule is CCC(C)(C)C(=O)c1cc(O)cc(C(=O)Nc2cccc(N)c2)c1. The summed E-state index contributed by atoms with van der Waals surface area (Å²) in [7, 11) is 0. The molecule has 0 bridgehead atoms. The summed E-state index contributed by atoms with van der Waals surface area (Å²) in [5, 5.41) is 12.6. The zero-order valence-corrected chi connectivity index (χ0v) is 14.1. The van der Waals surface area contributed by atoms with Crippen LogP contribution >= 0.6 is 0 Å². The summed E-state index contributed by atoms with van der Waals surface area (Å²) < 4.78 is 0. The van der Waals surface area contributed by atoms with Gasteiger partial charge in [-0.25, -0.2) is 0 Å². The molecule has 126 valence electrons. The van der Waals surface area contributed by atoms with Crippen molar-refractivity contribution in [3.63, 3.8) is 0 Å². The van der Waals surface area contributed by atoms with Crippen LogP contribution in [0.1, 0.15) is 47.9 Å². The average Bonchev–Trinajstić information content (AvgIpc) is 2.53. The van der Waals surface area contributed by atoms with E-state index in [9.17, 15) is 14.7 Å². The number of carbonyl (C=O) groups is 2. The summed E-state index contributed by atoms with van der Waals surface area (Å²) in [4.78, 5) is 25.0. The Morgan fingerprint density at radius 2 is 1.79 bits per heavy atom. The first-order valence-corrected chi connectivity index (χ1v) is 7.78. The fraction of sp³-hybridized carbons (Fsp3) is 0.263. The molecule has 0 atom stereocenters. The van der Waals surface area contributed by atoms with Gasteiger partial charge in [0.05, 0.1) is 0 Å². The third-order valence-corrected chi connectivity index (χ3v) is 4.09. The van der Waals surface area contributed by atoms with Gasteiger partial charge in [-0.05, 0) is 42.8 Å². The topological polar surface area (TPSA) is 92.4 Å². The number of phenolic OH excluding ortho intramolecular Hbond substituents is 1. The number of Topliss-reactive ketones (excluding diaryl/α,β-unsaturated/α-hetero) is 1. The van der Waals surface area contributed by atoms with Gasteiger partial charge in [-0.3, -0.25) is 9.59 Å². The van der Waals surface area contributed by atoms with Crippen LogP contribution in [0, 0.1) is 5.41 Å². The third-order valence-electron chi connectivity index (χ3n) is 4.09. The lowest BCUT2D eigenvalue weighted by atomic mass is 9.81. The first kappa shape index (κ1) is 17.5. The standard InChI is InChI=1S/C19H22N2O3/c1-4-19(2,3)17(23)12-8-13(10-16(22)9-12)18(24)21-15-7-5-6-14(20)11-15/h5-11,22H,4,20H2,1-3H3,(H,21,24). The van der Waals surface area contributed by atoms with Gasteiger partial charge < -0.3 is 16.2 Å². The Balaban J connectivity index is 2.31. The van der Waals surface area contributed by atoms with E-state index in [1.807, 2.05) is 20.8 Å². The molecule has 0 aliphatic heterocycles. The number of aromatic hydroxyl groups is 1. The largest absolute Gasteiger partial charge is 0.508 e. The third kappa shape index (κ3) is 3.93. The molecule has 2 rings (SSSR count). The number of anilines is 2. The van der Waals surface area contributed by atoms with E-state index < -0.39 is 11.3 Å². The number of hydrogen-bond acceptors (Lipinski definition) is 4. The molecule has 0 saturated carbocycles. The maximum Gasteiger partial charge on any atom is 0.255 e. The fourth-order valence-corrected chi connectivity index (χ4v) is 2.24. The summed E-state index contributed by atoms with van der Waals surface area (Å²) >= 11 is 0. The summed E-state index contributed by atoms with van der Waals surface area (Å²) in [6.07, 6.45) is 0.659. The van der Waals surface area contributed by atoms with E-state index in [-0.39, 0.29) is 17.1 Å². The number of hydrogen-bond donors (Lipinski definition) is 3. The number of rotatable bonds is 5. The second-order valence-corrected chi connectivity index (χ2v) is 6.41. The summed E-state index contributed by atoms with van der Waals surface area (Å²) in [6.45, 7) is 5.60. The highest BCUT2D eigenvalue weighted by molar-refractivity contribution is 6.07. The van der Waals surface area contributed by atoms with Gasteiger partial charge in [-0.1, -0.05) is 26.8 Å². The number of nitrogens with one attached hydrogen (secondary N) is 1. The summed E-state index contributed by atoms with van der Waals surface area (Å²) in [6, 6.07) is 11.0. The number of amides is 1. The molecule has 0 spiro atoms. The van der Waals surface area contributed by atoms with Crippen LogP contribution in [0.3, 0.4) is 0 Å². The Morgan fingerprint density at radius 3 is 2.42 bits per heavy atom. The van der Waals surface area contributed by atoms with Gasteiger partial charge in [0.25, 0.3) is 5.91 Å². The second-order valence-electron chi connectivity index (χ2n) is 6.41. The first-order valence-electron chi connectivity index (χ1n) is 7.78. The van der Waals surface area contributed by atoms with Crippen molar-refractivity contribution in [1.82, 2.24) is 0 Å². The van der Waals surface area contributed by atoms with E-state index in [2.05, 4.69) is 5.32 Å². The maximum atomic E-state index is 12.6. The van der Waals surface area contributed by atoms with Crippen molar-refractivity contribution in [3.8, 4) is 5.75 Å². The average molecular weight is 326 g/mol. The molecule has 24 heavy (non-hydrogen) atoms. The monoisotopic (exact) mass is 326 g/mol. The maximum absolute atomic E-state index is 12.6. The minimum absolute atomic E-state index is 0.112. The summed E-state index contributed by atoms with van der Waals surface area (Å²) in [5.41, 5.74) is 6.74. The Labute approximate surface area is 141 Å². The minimum atomic E-state index is -0.560. The lowest BCUT2D eigenvalue weighted by Gasteiger charge is -2.21. The van der Waals surface area contributed by atoms with E-state index in [0.29, 0.717) is 23.4 Å². The van der Waals surface area contributed by atoms with Crippen LogP contribution in [0.4, 0.5) is 11.4 Å². The number of carbonyl (C=O) groups excluding carboxylic acids is 2. The molecule has 0 aliphatic carbocycles. The molecule has 1 amide bonds. The van der Waals surface area contributed by atoms with Crippen LogP contribution in [0.2, 0.25) is 0 Å². The predicted octanol–water partition coefficient (Wildman–Crippen LogP) is 3.85. The molecule has 5 heteroatoms. The van der Waals surface area contributed by atoms with Crippen molar-refractivity contribution in [1.29, 1.82) is 0 Å². The van der Waals surface area contributed by atoms with Crippen molar-refractivity contribution >= 4 is 23.1 Å². The Bertz CT molecular complexity index is 782. The molecule has 0 aliphatic rings. The zero-order valence-electron chi connectivity index (χ0n) is 14.1. The summed E-state index contributed by atoms with van der Waals surface area (Å²) in [5.74, 6) is -0.649. The van der Waals surface area contributed by atoms with Gasteiger partial charge in [0.15, 0.2) is 5.78 Å². The molecule has 0 heterocycles. The normalized spacial score (nSPS) is 11.1. The van der Waals surface area contributed by atoms with Crippen LogP contribution in [0.15, 0.2) is 42.5 Å². The van der Waals surface area contributed by atoms with E-state index in [0.717, 1.165) is 0 Å². The molecular formula is C19H22N2O3. The van der Waals surface area contributed by atoms with Crippen molar-refractivity contribution in [2.75, 3.05) is 11.1 Å². The smallest absolute Gasteiger partial charge is 0.255 e. The Morgan fingerprint density at radius 1 is 1.12 bits per heavy atom. The zero-order chi connectivity index (χ0) is 17.9. The fourth-order valence-electron chi connectivity index (χ4n) is 2.24. The van der Waals surface area contributed by atoms with E-state index in [4.69, 9.17) is 5.73 Å². The highest BCUT2D eigenvalue weighted by Gasteiger charge is 2.27. The van der Waals surface area contributed by atoms with Gasteiger partial charge in [0.1, 0.15) is 5.75 Å². The van der Waals surface area contributed by atoms with Gasteiger partial charge in [-0.15, -0.1) is 0 Å².